The van der Waals surface area contributed by atoms with E-state index >= 15 is 0 Å². The van der Waals surface area contributed by atoms with Crippen molar-refractivity contribution in [1.82, 2.24) is 14.9 Å². The van der Waals surface area contributed by atoms with Gasteiger partial charge in [-0.2, -0.15) is 0 Å². The van der Waals surface area contributed by atoms with Gasteiger partial charge in [0.05, 0.1) is 18.4 Å². The van der Waals surface area contributed by atoms with Crippen LogP contribution >= 0.6 is 0 Å². The van der Waals surface area contributed by atoms with Gasteiger partial charge in [-0.05, 0) is 36.2 Å². The molecule has 5 heteroatoms. The molecule has 0 aliphatic carbocycles. The summed E-state index contributed by atoms with van der Waals surface area (Å²) in [6.45, 7) is 4.47. The van der Waals surface area contributed by atoms with Crippen LogP contribution in [0.5, 0.6) is 5.75 Å². The van der Waals surface area contributed by atoms with Crippen molar-refractivity contribution in [2.45, 2.75) is 18.6 Å². The van der Waals surface area contributed by atoms with Crippen molar-refractivity contribution >= 4 is 10.9 Å². The zero-order valence-electron chi connectivity index (χ0n) is 14.7. The number of hydrogen-bond acceptors (Lipinski definition) is 4. The minimum atomic E-state index is -0.0335. The lowest BCUT2D eigenvalue weighted by Gasteiger charge is -2.50. The molecule has 0 amide bonds. The van der Waals surface area contributed by atoms with E-state index < -0.39 is 0 Å². The molecule has 134 valence electrons. The molecule has 26 heavy (non-hydrogen) atoms. The summed E-state index contributed by atoms with van der Waals surface area (Å²) in [5.74, 6) is 1.28. The molecule has 2 aliphatic rings. The number of nitrogens with zero attached hydrogens (tertiary/aromatic N) is 2. The first kappa shape index (κ1) is 15.9. The summed E-state index contributed by atoms with van der Waals surface area (Å²) in [5, 5.41) is 1.32. The molecule has 0 bridgehead atoms. The van der Waals surface area contributed by atoms with Crippen LogP contribution in [0.1, 0.15) is 12.0 Å². The Labute approximate surface area is 152 Å². The van der Waals surface area contributed by atoms with Crippen molar-refractivity contribution in [2.24, 2.45) is 5.92 Å². The lowest BCUT2D eigenvalue weighted by atomic mass is 9.81. The van der Waals surface area contributed by atoms with Gasteiger partial charge in [0.15, 0.2) is 0 Å². The zero-order valence-corrected chi connectivity index (χ0v) is 14.7. The van der Waals surface area contributed by atoms with E-state index in [0.29, 0.717) is 12.5 Å². The average Bonchev–Trinajstić information content (AvgIpc) is 3.28. The first-order valence-corrected chi connectivity index (χ1v) is 9.27. The molecular formula is C21H23N3O2. The first-order chi connectivity index (χ1) is 12.8. The van der Waals surface area contributed by atoms with E-state index in [-0.39, 0.29) is 5.60 Å². The number of likely N-dealkylation sites (tertiary alicyclic amines) is 1. The molecule has 3 aromatic rings. The number of benzene rings is 1. The molecule has 5 nitrogen and oxygen atoms in total. The smallest absolute Gasteiger partial charge is 0.137 e. The summed E-state index contributed by atoms with van der Waals surface area (Å²) in [5.41, 5.74) is 2.55. The highest BCUT2D eigenvalue weighted by Crippen LogP contribution is 2.41. The Morgan fingerprint density at radius 2 is 2.19 bits per heavy atom. The molecule has 2 fully saturated rings. The van der Waals surface area contributed by atoms with Crippen molar-refractivity contribution in [1.29, 1.82) is 0 Å². The Morgan fingerprint density at radius 3 is 3.08 bits per heavy atom. The van der Waals surface area contributed by atoms with Gasteiger partial charge in [-0.25, -0.2) is 0 Å². The highest BCUT2D eigenvalue weighted by atomic mass is 16.5. The van der Waals surface area contributed by atoms with Gasteiger partial charge in [-0.1, -0.05) is 12.1 Å². The first-order valence-electron chi connectivity index (χ1n) is 9.27. The van der Waals surface area contributed by atoms with E-state index in [1.54, 1.807) is 12.4 Å². The predicted octanol–water partition coefficient (Wildman–Crippen LogP) is 3.23. The monoisotopic (exact) mass is 349 g/mol. The lowest BCUT2D eigenvalue weighted by Crippen LogP contribution is -2.64. The molecule has 0 radical (unpaired) electrons. The van der Waals surface area contributed by atoms with Gasteiger partial charge in [0, 0.05) is 55.5 Å². The Morgan fingerprint density at radius 1 is 1.23 bits per heavy atom. The van der Waals surface area contributed by atoms with Gasteiger partial charge in [0.25, 0.3) is 0 Å². The Hall–Kier alpha value is -2.37. The molecular weight excluding hydrogens is 326 g/mol. The molecule has 4 heterocycles. The van der Waals surface area contributed by atoms with Crippen LogP contribution in [0.25, 0.3) is 10.9 Å². The summed E-state index contributed by atoms with van der Waals surface area (Å²) < 4.78 is 12.1. The number of pyridine rings is 1. The average molecular weight is 349 g/mol. The van der Waals surface area contributed by atoms with Crippen LogP contribution in [0.4, 0.5) is 0 Å². The van der Waals surface area contributed by atoms with E-state index in [9.17, 15) is 0 Å². The largest absolute Gasteiger partial charge is 0.492 e. The summed E-state index contributed by atoms with van der Waals surface area (Å²) in [4.78, 5) is 9.88. The number of aromatic nitrogens is 2. The van der Waals surface area contributed by atoms with Crippen LogP contribution in [-0.2, 0) is 11.3 Å². The number of rotatable bonds is 5. The molecule has 5 rings (SSSR count). The maximum atomic E-state index is 6.17. The second-order valence-corrected chi connectivity index (χ2v) is 7.40. The van der Waals surface area contributed by atoms with Crippen molar-refractivity contribution < 1.29 is 9.47 Å². The summed E-state index contributed by atoms with van der Waals surface area (Å²) in [6, 6.07) is 12.5. The zero-order chi connectivity index (χ0) is 17.4. The van der Waals surface area contributed by atoms with E-state index in [2.05, 4.69) is 39.1 Å². The maximum absolute atomic E-state index is 6.17. The molecule has 2 aliphatic heterocycles. The van der Waals surface area contributed by atoms with Crippen LogP contribution in [-0.4, -0.2) is 46.8 Å². The van der Waals surface area contributed by atoms with Crippen LogP contribution in [0, 0.1) is 5.92 Å². The third-order valence-corrected chi connectivity index (χ3v) is 5.75. The third kappa shape index (κ3) is 2.77. The van der Waals surface area contributed by atoms with E-state index in [1.807, 2.05) is 18.3 Å². The van der Waals surface area contributed by atoms with E-state index in [1.165, 1.54) is 16.5 Å². The molecule has 2 aromatic heterocycles. The van der Waals surface area contributed by atoms with Crippen molar-refractivity contribution in [3.8, 4) is 5.75 Å². The van der Waals surface area contributed by atoms with Gasteiger partial charge in [-0.15, -0.1) is 0 Å². The summed E-state index contributed by atoms with van der Waals surface area (Å²) in [7, 11) is 0. The summed E-state index contributed by atoms with van der Waals surface area (Å²) >= 11 is 0. The molecule has 0 unspecified atom stereocenters. The predicted molar refractivity (Wildman–Crippen MR) is 100 cm³/mol. The number of aromatic amines is 1. The normalized spacial score (nSPS) is 21.9. The maximum Gasteiger partial charge on any atom is 0.137 e. The molecule has 2 saturated heterocycles. The SMILES string of the molecule is c1cncc(OC[C@H]2CCOC23CN(Cc2cccc4[nH]ccc24)C3)c1. The highest BCUT2D eigenvalue weighted by molar-refractivity contribution is 5.82. The lowest BCUT2D eigenvalue weighted by molar-refractivity contribution is -0.140. The van der Waals surface area contributed by atoms with Gasteiger partial charge >= 0.3 is 0 Å². The highest BCUT2D eigenvalue weighted by Gasteiger charge is 2.53. The number of hydrogen-bond donors (Lipinski definition) is 1. The van der Waals surface area contributed by atoms with E-state index in [0.717, 1.165) is 38.4 Å². The topological polar surface area (TPSA) is 50.4 Å². The van der Waals surface area contributed by atoms with Crippen molar-refractivity contribution in [2.75, 3.05) is 26.3 Å². The van der Waals surface area contributed by atoms with Gasteiger partial charge in [0.2, 0.25) is 0 Å². The molecule has 1 atom stereocenters. The molecule has 1 spiro atoms. The number of fused-ring (bicyclic) bond motifs is 1. The molecule has 0 saturated carbocycles. The Kier molecular flexibility index (Phi) is 3.91. The molecule has 1 N–H and O–H groups in total. The minimum Gasteiger partial charge on any atom is -0.492 e. The molecule has 1 aromatic carbocycles. The second-order valence-electron chi connectivity index (χ2n) is 7.40. The fourth-order valence-electron chi connectivity index (χ4n) is 4.35. The number of H-pyrrole nitrogens is 1. The fraction of sp³-hybridized carbons (Fsp3) is 0.381. The minimum absolute atomic E-state index is 0.0335. The second kappa shape index (κ2) is 6.41. The van der Waals surface area contributed by atoms with E-state index in [4.69, 9.17) is 9.47 Å². The van der Waals surface area contributed by atoms with Crippen molar-refractivity contribution in [3.05, 3.63) is 60.6 Å². The Balaban J connectivity index is 1.22. The Bertz CT molecular complexity index is 886. The fourth-order valence-corrected chi connectivity index (χ4v) is 4.35. The van der Waals surface area contributed by atoms with Gasteiger partial charge < -0.3 is 14.5 Å². The van der Waals surface area contributed by atoms with Crippen LogP contribution < -0.4 is 4.74 Å². The number of nitrogens with one attached hydrogen (secondary N) is 1. The van der Waals surface area contributed by atoms with Crippen LogP contribution in [0.15, 0.2) is 55.0 Å². The van der Waals surface area contributed by atoms with Crippen LogP contribution in [0.3, 0.4) is 0 Å². The van der Waals surface area contributed by atoms with Crippen molar-refractivity contribution in [3.63, 3.8) is 0 Å². The summed E-state index contributed by atoms with van der Waals surface area (Å²) in [6.07, 6.45) is 6.62. The quantitative estimate of drug-likeness (QED) is 0.768. The standard InChI is InChI=1S/C21H23N3O2/c1-3-16(19-6-9-23-20(19)5-1)12-24-14-21(15-24)17(7-10-26-21)13-25-18-4-2-8-22-11-18/h1-6,8-9,11,17,23H,7,10,12-15H2/t17-/m1/s1. The van der Waals surface area contributed by atoms with Crippen LogP contribution in [0.2, 0.25) is 0 Å². The number of ether oxygens (including phenoxy) is 2. The third-order valence-electron chi connectivity index (χ3n) is 5.75. The van der Waals surface area contributed by atoms with Gasteiger partial charge in [0.1, 0.15) is 5.75 Å². The van der Waals surface area contributed by atoms with Gasteiger partial charge in [-0.3, -0.25) is 9.88 Å².